The Labute approximate surface area is 119 Å². The second-order valence-corrected chi connectivity index (χ2v) is 4.30. The van der Waals surface area contributed by atoms with Crippen molar-refractivity contribution < 1.29 is 27.8 Å². The van der Waals surface area contributed by atoms with Gasteiger partial charge in [0.05, 0.1) is 19.8 Å². The molecule has 0 spiro atoms. The summed E-state index contributed by atoms with van der Waals surface area (Å²) in [6, 6.07) is 5.36. The zero-order chi connectivity index (χ0) is 15.6. The van der Waals surface area contributed by atoms with Gasteiger partial charge in [0, 0.05) is 12.1 Å². The molecule has 0 aliphatic carbocycles. The van der Waals surface area contributed by atoms with Crippen LogP contribution in [0.15, 0.2) is 30.3 Å². The molecular formula is C15H13F3O3. The van der Waals surface area contributed by atoms with E-state index in [-0.39, 0.29) is 5.56 Å². The summed E-state index contributed by atoms with van der Waals surface area (Å²) in [6.07, 6.45) is -1.59. The maximum Gasteiger partial charge on any atom is 0.161 e. The lowest BCUT2D eigenvalue weighted by Gasteiger charge is -2.15. The van der Waals surface area contributed by atoms with Crippen molar-refractivity contribution in [3.05, 3.63) is 58.9 Å². The lowest BCUT2D eigenvalue weighted by atomic mass is 10.00. The average Bonchev–Trinajstić information content (AvgIpc) is 2.45. The zero-order valence-corrected chi connectivity index (χ0v) is 11.4. The molecule has 2 aromatic carbocycles. The molecule has 0 bridgehead atoms. The average molecular weight is 298 g/mol. The third-order valence-electron chi connectivity index (χ3n) is 3.04. The number of methoxy groups -OCH3 is 2. The first kappa shape index (κ1) is 15.2. The van der Waals surface area contributed by atoms with Crippen LogP contribution in [0.25, 0.3) is 0 Å². The van der Waals surface area contributed by atoms with Crippen LogP contribution in [-0.2, 0) is 0 Å². The lowest BCUT2D eigenvalue weighted by Crippen LogP contribution is -2.07. The molecule has 0 amide bonds. The van der Waals surface area contributed by atoms with Crippen LogP contribution in [0.4, 0.5) is 13.2 Å². The Bertz CT molecular complexity index is 636. The summed E-state index contributed by atoms with van der Waals surface area (Å²) < 4.78 is 50.3. The Hall–Kier alpha value is -2.21. The molecule has 0 radical (unpaired) electrons. The smallest absolute Gasteiger partial charge is 0.161 e. The molecule has 0 saturated carbocycles. The molecule has 0 saturated heterocycles. The highest BCUT2D eigenvalue weighted by Crippen LogP contribution is 2.33. The third-order valence-corrected chi connectivity index (χ3v) is 3.04. The second kappa shape index (κ2) is 6.05. The number of hydrogen-bond acceptors (Lipinski definition) is 3. The Morgan fingerprint density at radius 1 is 0.905 bits per heavy atom. The zero-order valence-electron chi connectivity index (χ0n) is 11.4. The van der Waals surface area contributed by atoms with Crippen molar-refractivity contribution in [1.82, 2.24) is 0 Å². The largest absolute Gasteiger partial charge is 0.493 e. The van der Waals surface area contributed by atoms with Crippen LogP contribution < -0.4 is 9.47 Å². The fourth-order valence-electron chi connectivity index (χ4n) is 2.00. The van der Waals surface area contributed by atoms with Crippen LogP contribution in [0.3, 0.4) is 0 Å². The van der Waals surface area contributed by atoms with E-state index < -0.39 is 29.1 Å². The molecule has 1 N–H and O–H groups in total. The normalized spacial score (nSPS) is 12.1. The van der Waals surface area contributed by atoms with E-state index in [1.54, 1.807) is 0 Å². The first-order valence-corrected chi connectivity index (χ1v) is 6.02. The number of aliphatic hydroxyl groups excluding tert-OH is 1. The lowest BCUT2D eigenvalue weighted by molar-refractivity contribution is 0.208. The summed E-state index contributed by atoms with van der Waals surface area (Å²) in [4.78, 5) is 0. The van der Waals surface area contributed by atoms with Crippen molar-refractivity contribution in [2.24, 2.45) is 0 Å². The van der Waals surface area contributed by atoms with Crippen LogP contribution in [0, 0.1) is 17.5 Å². The van der Waals surface area contributed by atoms with E-state index >= 15 is 0 Å². The first-order valence-electron chi connectivity index (χ1n) is 6.02. The van der Waals surface area contributed by atoms with E-state index in [1.807, 2.05) is 0 Å². The molecule has 1 unspecified atom stereocenters. The summed E-state index contributed by atoms with van der Waals surface area (Å²) >= 11 is 0. The molecule has 112 valence electrons. The number of benzene rings is 2. The number of aliphatic hydroxyl groups is 1. The van der Waals surface area contributed by atoms with Crippen molar-refractivity contribution in [2.75, 3.05) is 14.2 Å². The van der Waals surface area contributed by atoms with E-state index in [4.69, 9.17) is 9.47 Å². The molecule has 2 aromatic rings. The summed E-state index contributed by atoms with van der Waals surface area (Å²) in [5.41, 5.74) is -0.430. The van der Waals surface area contributed by atoms with Gasteiger partial charge < -0.3 is 14.6 Å². The third kappa shape index (κ3) is 2.95. The van der Waals surface area contributed by atoms with E-state index in [2.05, 4.69) is 0 Å². The predicted molar refractivity (Wildman–Crippen MR) is 69.9 cm³/mol. The van der Waals surface area contributed by atoms with Gasteiger partial charge in [-0.1, -0.05) is 6.07 Å². The fraction of sp³-hybridized carbons (Fsp3) is 0.200. The van der Waals surface area contributed by atoms with E-state index in [1.165, 1.54) is 32.4 Å². The summed E-state index contributed by atoms with van der Waals surface area (Å²) in [5.74, 6) is -2.65. The quantitative estimate of drug-likeness (QED) is 0.942. The fourth-order valence-corrected chi connectivity index (χ4v) is 2.00. The number of ether oxygens (including phenoxy) is 2. The van der Waals surface area contributed by atoms with Crippen molar-refractivity contribution in [3.8, 4) is 11.5 Å². The minimum Gasteiger partial charge on any atom is -0.493 e. The summed E-state index contributed by atoms with van der Waals surface area (Å²) in [6.45, 7) is 0. The van der Waals surface area contributed by atoms with Crippen molar-refractivity contribution in [3.63, 3.8) is 0 Å². The Balaban J connectivity index is 2.47. The van der Waals surface area contributed by atoms with Gasteiger partial charge >= 0.3 is 0 Å². The second-order valence-electron chi connectivity index (χ2n) is 4.30. The standard InChI is InChI=1S/C15H13F3O3/c1-20-12-4-3-8(5-13(12)21-2)15(19)14-10(17)6-9(16)7-11(14)18/h3-7,15,19H,1-2H3. The van der Waals surface area contributed by atoms with Crippen LogP contribution in [0.1, 0.15) is 17.2 Å². The highest BCUT2D eigenvalue weighted by Gasteiger charge is 2.22. The highest BCUT2D eigenvalue weighted by molar-refractivity contribution is 5.45. The van der Waals surface area contributed by atoms with Gasteiger partial charge in [-0.15, -0.1) is 0 Å². The topological polar surface area (TPSA) is 38.7 Å². The molecule has 6 heteroatoms. The molecule has 0 aliphatic heterocycles. The summed E-state index contributed by atoms with van der Waals surface area (Å²) in [5, 5.41) is 10.1. The van der Waals surface area contributed by atoms with Crippen LogP contribution in [0.5, 0.6) is 11.5 Å². The SMILES string of the molecule is COc1ccc(C(O)c2c(F)cc(F)cc2F)cc1OC. The monoisotopic (exact) mass is 298 g/mol. The molecule has 0 aliphatic rings. The highest BCUT2D eigenvalue weighted by atomic mass is 19.1. The van der Waals surface area contributed by atoms with Crippen molar-refractivity contribution in [2.45, 2.75) is 6.10 Å². The first-order chi connectivity index (χ1) is 9.97. The molecule has 21 heavy (non-hydrogen) atoms. The van der Waals surface area contributed by atoms with Gasteiger partial charge in [-0.25, -0.2) is 13.2 Å². The van der Waals surface area contributed by atoms with Crippen molar-refractivity contribution in [1.29, 1.82) is 0 Å². The Kier molecular flexibility index (Phi) is 4.37. The van der Waals surface area contributed by atoms with Gasteiger partial charge in [-0.05, 0) is 17.7 Å². The molecule has 0 heterocycles. The summed E-state index contributed by atoms with van der Waals surface area (Å²) in [7, 11) is 2.83. The number of halogens is 3. The molecule has 0 fully saturated rings. The number of rotatable bonds is 4. The molecular weight excluding hydrogens is 285 g/mol. The molecule has 3 nitrogen and oxygen atoms in total. The van der Waals surface area contributed by atoms with E-state index in [9.17, 15) is 18.3 Å². The Morgan fingerprint density at radius 3 is 2.00 bits per heavy atom. The maximum atomic E-state index is 13.7. The maximum absolute atomic E-state index is 13.7. The molecule has 2 rings (SSSR count). The van der Waals surface area contributed by atoms with Crippen LogP contribution in [-0.4, -0.2) is 19.3 Å². The minimum absolute atomic E-state index is 0.192. The van der Waals surface area contributed by atoms with Gasteiger partial charge in [-0.3, -0.25) is 0 Å². The molecule has 0 aromatic heterocycles. The van der Waals surface area contributed by atoms with Gasteiger partial charge in [0.1, 0.15) is 23.6 Å². The van der Waals surface area contributed by atoms with E-state index in [0.29, 0.717) is 23.6 Å². The Morgan fingerprint density at radius 2 is 1.48 bits per heavy atom. The predicted octanol–water partition coefficient (Wildman–Crippen LogP) is 3.20. The minimum atomic E-state index is -1.59. The van der Waals surface area contributed by atoms with Crippen LogP contribution in [0.2, 0.25) is 0 Å². The van der Waals surface area contributed by atoms with Crippen molar-refractivity contribution >= 4 is 0 Å². The van der Waals surface area contributed by atoms with Gasteiger partial charge in [0.15, 0.2) is 11.5 Å². The van der Waals surface area contributed by atoms with Gasteiger partial charge in [-0.2, -0.15) is 0 Å². The van der Waals surface area contributed by atoms with Gasteiger partial charge in [0.25, 0.3) is 0 Å². The van der Waals surface area contributed by atoms with Crippen LogP contribution >= 0.6 is 0 Å². The number of hydrogen-bond donors (Lipinski definition) is 1. The van der Waals surface area contributed by atoms with E-state index in [0.717, 1.165) is 0 Å². The van der Waals surface area contributed by atoms with Gasteiger partial charge in [0.2, 0.25) is 0 Å². The molecule has 1 atom stereocenters.